The van der Waals surface area contributed by atoms with Gasteiger partial charge in [-0.1, -0.05) is 0 Å². The Morgan fingerprint density at radius 3 is 1.92 bits per heavy atom. The molecule has 7 nitrogen and oxygen atoms in total. The van der Waals surface area contributed by atoms with E-state index in [1.807, 2.05) is 0 Å². The summed E-state index contributed by atoms with van der Waals surface area (Å²) in [6, 6.07) is 9.79. The maximum atomic E-state index is 12.3. The quantitative estimate of drug-likeness (QED) is 0.848. The molecule has 128 valence electrons. The topological polar surface area (TPSA) is 78.1 Å². The van der Waals surface area contributed by atoms with E-state index in [2.05, 4.69) is 10.6 Å². The first-order valence-corrected chi connectivity index (χ1v) is 7.13. The number of amides is 2. The van der Waals surface area contributed by atoms with Crippen LogP contribution in [0.15, 0.2) is 36.4 Å². The average molecular weight is 332 g/mol. The molecular formula is C17H20N2O5. The zero-order chi connectivity index (χ0) is 17.5. The highest BCUT2D eigenvalue weighted by Crippen LogP contribution is 2.31. The van der Waals surface area contributed by atoms with Crippen molar-refractivity contribution in [3.05, 3.63) is 36.4 Å². The Balaban J connectivity index is 2.16. The smallest absolute Gasteiger partial charge is 0.323 e. The molecule has 2 rings (SSSR count). The number of nitrogens with one attached hydrogen (secondary N) is 2. The van der Waals surface area contributed by atoms with E-state index in [1.54, 1.807) is 50.6 Å². The average Bonchev–Trinajstić information content (AvgIpc) is 2.61. The Morgan fingerprint density at radius 1 is 0.708 bits per heavy atom. The van der Waals surface area contributed by atoms with Gasteiger partial charge in [0.1, 0.15) is 23.0 Å². The molecule has 0 atom stereocenters. The highest BCUT2D eigenvalue weighted by atomic mass is 16.5. The maximum Gasteiger partial charge on any atom is 0.323 e. The van der Waals surface area contributed by atoms with Crippen LogP contribution in [0.25, 0.3) is 0 Å². The van der Waals surface area contributed by atoms with Crippen LogP contribution < -0.4 is 29.6 Å². The Labute approximate surface area is 140 Å². The molecule has 0 aromatic heterocycles. The summed E-state index contributed by atoms with van der Waals surface area (Å²) in [7, 11) is 6.15. The van der Waals surface area contributed by atoms with Gasteiger partial charge in [-0.2, -0.15) is 0 Å². The van der Waals surface area contributed by atoms with Gasteiger partial charge in [0.15, 0.2) is 0 Å². The van der Waals surface area contributed by atoms with Gasteiger partial charge in [-0.3, -0.25) is 0 Å². The minimum atomic E-state index is -0.440. The van der Waals surface area contributed by atoms with Gasteiger partial charge in [-0.25, -0.2) is 4.79 Å². The first kappa shape index (κ1) is 17.3. The van der Waals surface area contributed by atoms with Crippen LogP contribution in [0, 0.1) is 0 Å². The first-order chi connectivity index (χ1) is 11.6. The summed E-state index contributed by atoms with van der Waals surface area (Å²) < 4.78 is 20.8. The van der Waals surface area contributed by atoms with Gasteiger partial charge < -0.3 is 29.6 Å². The van der Waals surface area contributed by atoms with Crippen molar-refractivity contribution < 1.29 is 23.7 Å². The van der Waals surface area contributed by atoms with Crippen LogP contribution in [0.4, 0.5) is 16.2 Å². The number of carbonyl (C=O) groups excluding carboxylic acids is 1. The van der Waals surface area contributed by atoms with Crippen molar-refractivity contribution in [2.75, 3.05) is 39.1 Å². The maximum absolute atomic E-state index is 12.3. The third-order valence-corrected chi connectivity index (χ3v) is 3.31. The molecule has 0 aliphatic rings. The fourth-order valence-corrected chi connectivity index (χ4v) is 2.09. The molecule has 7 heteroatoms. The monoisotopic (exact) mass is 332 g/mol. The first-order valence-electron chi connectivity index (χ1n) is 7.13. The highest BCUT2D eigenvalue weighted by Gasteiger charge is 2.12. The second-order valence-corrected chi connectivity index (χ2v) is 4.71. The van der Waals surface area contributed by atoms with Crippen molar-refractivity contribution in [3.63, 3.8) is 0 Å². The fourth-order valence-electron chi connectivity index (χ4n) is 2.09. The van der Waals surface area contributed by atoms with Crippen LogP contribution in [-0.4, -0.2) is 34.5 Å². The molecule has 24 heavy (non-hydrogen) atoms. The summed E-state index contributed by atoms with van der Waals surface area (Å²) in [5.74, 6) is 2.25. The Kier molecular flexibility index (Phi) is 5.73. The van der Waals surface area contributed by atoms with Crippen molar-refractivity contribution in [2.24, 2.45) is 0 Å². The number of urea groups is 1. The molecular weight excluding hydrogens is 312 g/mol. The van der Waals surface area contributed by atoms with Crippen LogP contribution in [0.2, 0.25) is 0 Å². The molecule has 2 amide bonds. The number of benzene rings is 2. The number of carbonyl (C=O) groups is 1. The van der Waals surface area contributed by atoms with E-state index in [9.17, 15) is 4.79 Å². The molecule has 0 radical (unpaired) electrons. The molecule has 0 spiro atoms. The van der Waals surface area contributed by atoms with Crippen LogP contribution in [0.5, 0.6) is 23.0 Å². The van der Waals surface area contributed by atoms with Crippen molar-refractivity contribution in [1.29, 1.82) is 0 Å². The number of methoxy groups -OCH3 is 4. The lowest BCUT2D eigenvalue weighted by molar-refractivity contribution is 0.262. The molecule has 2 aromatic carbocycles. The standard InChI is InChI=1S/C17H20N2O5/c1-21-11-6-8-15(23-3)14(9-11)19-17(20)18-13-7-5-12(22-2)10-16(13)24-4/h5-10H,1-4H3,(H2,18,19,20). The fraction of sp³-hybridized carbons (Fsp3) is 0.235. The van der Waals surface area contributed by atoms with Gasteiger partial charge in [-0.15, -0.1) is 0 Å². The van der Waals surface area contributed by atoms with Gasteiger partial charge >= 0.3 is 6.03 Å². The van der Waals surface area contributed by atoms with E-state index in [0.717, 1.165) is 0 Å². The lowest BCUT2D eigenvalue weighted by Crippen LogP contribution is -2.20. The lowest BCUT2D eigenvalue weighted by Gasteiger charge is -2.14. The number of rotatable bonds is 6. The van der Waals surface area contributed by atoms with Gasteiger partial charge in [0.25, 0.3) is 0 Å². The SMILES string of the molecule is COc1ccc(OC)c(NC(=O)Nc2ccc(OC)cc2OC)c1. The summed E-state index contributed by atoms with van der Waals surface area (Å²) in [6.07, 6.45) is 0. The zero-order valence-electron chi connectivity index (χ0n) is 14.0. The van der Waals surface area contributed by atoms with E-state index in [-0.39, 0.29) is 0 Å². The highest BCUT2D eigenvalue weighted by molar-refractivity contribution is 6.01. The lowest BCUT2D eigenvalue weighted by atomic mass is 10.2. The third kappa shape index (κ3) is 4.01. The third-order valence-electron chi connectivity index (χ3n) is 3.31. The van der Waals surface area contributed by atoms with E-state index in [4.69, 9.17) is 18.9 Å². The number of anilines is 2. The van der Waals surface area contributed by atoms with E-state index >= 15 is 0 Å². The Morgan fingerprint density at radius 2 is 1.29 bits per heavy atom. The largest absolute Gasteiger partial charge is 0.497 e. The van der Waals surface area contributed by atoms with Gasteiger partial charge in [0, 0.05) is 12.1 Å². The molecule has 0 saturated heterocycles. The van der Waals surface area contributed by atoms with Crippen molar-refractivity contribution in [1.82, 2.24) is 0 Å². The van der Waals surface area contributed by atoms with Crippen molar-refractivity contribution in [2.45, 2.75) is 0 Å². The Hall–Kier alpha value is -3.09. The van der Waals surface area contributed by atoms with Gasteiger partial charge in [0.05, 0.1) is 39.8 Å². The van der Waals surface area contributed by atoms with Crippen molar-refractivity contribution >= 4 is 17.4 Å². The number of hydrogen-bond donors (Lipinski definition) is 2. The van der Waals surface area contributed by atoms with E-state index in [0.29, 0.717) is 34.4 Å². The second-order valence-electron chi connectivity index (χ2n) is 4.71. The molecule has 0 saturated carbocycles. The predicted octanol–water partition coefficient (Wildman–Crippen LogP) is 3.37. The number of hydrogen-bond acceptors (Lipinski definition) is 5. The summed E-state index contributed by atoms with van der Waals surface area (Å²) in [6.45, 7) is 0. The molecule has 2 N–H and O–H groups in total. The molecule has 0 heterocycles. The molecule has 0 bridgehead atoms. The molecule has 0 aliphatic heterocycles. The van der Waals surface area contributed by atoms with Crippen LogP contribution >= 0.6 is 0 Å². The minimum absolute atomic E-state index is 0.440. The van der Waals surface area contributed by atoms with E-state index < -0.39 is 6.03 Å². The predicted molar refractivity (Wildman–Crippen MR) is 91.7 cm³/mol. The van der Waals surface area contributed by atoms with Crippen LogP contribution in [0.1, 0.15) is 0 Å². The van der Waals surface area contributed by atoms with Gasteiger partial charge in [0.2, 0.25) is 0 Å². The van der Waals surface area contributed by atoms with Gasteiger partial charge in [-0.05, 0) is 24.3 Å². The van der Waals surface area contributed by atoms with E-state index in [1.165, 1.54) is 14.2 Å². The summed E-state index contributed by atoms with van der Waals surface area (Å²) >= 11 is 0. The molecule has 2 aromatic rings. The van der Waals surface area contributed by atoms with Crippen LogP contribution in [0.3, 0.4) is 0 Å². The molecule has 0 aliphatic carbocycles. The van der Waals surface area contributed by atoms with Crippen molar-refractivity contribution in [3.8, 4) is 23.0 Å². The minimum Gasteiger partial charge on any atom is -0.497 e. The number of ether oxygens (including phenoxy) is 4. The summed E-state index contributed by atoms with van der Waals surface area (Å²) in [4.78, 5) is 12.3. The normalized spacial score (nSPS) is 9.83. The van der Waals surface area contributed by atoms with Crippen LogP contribution in [-0.2, 0) is 0 Å². The summed E-state index contributed by atoms with van der Waals surface area (Å²) in [5, 5.41) is 5.45. The zero-order valence-corrected chi connectivity index (χ0v) is 14.0. The Bertz CT molecular complexity index is 718. The summed E-state index contributed by atoms with van der Waals surface area (Å²) in [5.41, 5.74) is 1.000. The second kappa shape index (κ2) is 7.96. The molecule has 0 unspecified atom stereocenters. The molecule has 0 fully saturated rings.